The summed E-state index contributed by atoms with van der Waals surface area (Å²) < 4.78 is 2.16. The number of hydrogen-bond donors (Lipinski definition) is 1. The van der Waals surface area contributed by atoms with Crippen LogP contribution in [0.5, 0.6) is 0 Å². The molecule has 0 unspecified atom stereocenters. The summed E-state index contributed by atoms with van der Waals surface area (Å²) >= 11 is 0. The highest BCUT2D eigenvalue weighted by atomic mass is 16.1. The molecule has 3 aromatic carbocycles. The Morgan fingerprint density at radius 3 is 2.58 bits per heavy atom. The van der Waals surface area contributed by atoms with Gasteiger partial charge in [0.05, 0.1) is 0 Å². The van der Waals surface area contributed by atoms with Crippen molar-refractivity contribution < 1.29 is 4.79 Å². The van der Waals surface area contributed by atoms with Gasteiger partial charge in [0.15, 0.2) is 0 Å². The molecule has 4 rings (SSSR count). The first-order valence-electron chi connectivity index (χ1n) is 10.2. The smallest absolute Gasteiger partial charge is 0.266 e. The van der Waals surface area contributed by atoms with Crippen molar-refractivity contribution in [2.75, 3.05) is 5.32 Å². The van der Waals surface area contributed by atoms with Gasteiger partial charge < -0.3 is 9.88 Å². The molecule has 0 saturated heterocycles. The average molecular weight is 406 g/mol. The van der Waals surface area contributed by atoms with Crippen LogP contribution >= 0.6 is 0 Å². The maximum atomic E-state index is 12.7. The van der Waals surface area contributed by atoms with Gasteiger partial charge in [-0.2, -0.15) is 5.26 Å². The van der Waals surface area contributed by atoms with E-state index in [1.54, 1.807) is 6.08 Å². The van der Waals surface area contributed by atoms with E-state index in [9.17, 15) is 10.1 Å². The van der Waals surface area contributed by atoms with Crippen molar-refractivity contribution >= 4 is 28.6 Å². The maximum absolute atomic E-state index is 12.7. The number of para-hydroxylation sites is 1. The molecule has 4 nitrogen and oxygen atoms in total. The molecule has 0 aliphatic carbocycles. The molecule has 1 N–H and O–H groups in total. The summed E-state index contributed by atoms with van der Waals surface area (Å²) in [6.45, 7) is 4.78. The van der Waals surface area contributed by atoms with Gasteiger partial charge in [-0.25, -0.2) is 0 Å². The first-order valence-corrected chi connectivity index (χ1v) is 10.2. The number of anilines is 1. The normalized spacial score (nSPS) is 11.3. The Balaban J connectivity index is 1.70. The van der Waals surface area contributed by atoms with Crippen molar-refractivity contribution in [1.29, 1.82) is 5.26 Å². The number of carbonyl (C=O) groups excluding carboxylic acids is 1. The summed E-state index contributed by atoms with van der Waals surface area (Å²) in [6, 6.07) is 25.9. The van der Waals surface area contributed by atoms with Crippen molar-refractivity contribution in [2.24, 2.45) is 0 Å². The molecule has 0 aliphatic rings. The van der Waals surface area contributed by atoms with E-state index >= 15 is 0 Å². The van der Waals surface area contributed by atoms with E-state index in [4.69, 9.17) is 0 Å². The molecule has 152 valence electrons. The minimum Gasteiger partial charge on any atom is -0.342 e. The van der Waals surface area contributed by atoms with Crippen LogP contribution in [-0.4, -0.2) is 10.5 Å². The summed E-state index contributed by atoms with van der Waals surface area (Å²) in [5.41, 5.74) is 6.16. The van der Waals surface area contributed by atoms with E-state index in [0.717, 1.165) is 28.6 Å². The summed E-state index contributed by atoms with van der Waals surface area (Å²) in [5.74, 6) is -0.413. The lowest BCUT2D eigenvalue weighted by atomic mass is 10.1. The second-order valence-electron chi connectivity index (χ2n) is 7.65. The quantitative estimate of drug-likeness (QED) is 0.334. The molecule has 0 saturated carbocycles. The minimum absolute atomic E-state index is 0.0697. The standard InChI is InChI=1S/C27H23N3O/c1-19-8-7-11-24(14-19)29-27(31)22(16-28)15-23-18-30(26-13-6-5-12-25(23)26)17-21-10-4-3-9-20(21)2/h3-15,18H,17H2,1-2H3,(H,29,31). The highest BCUT2D eigenvalue weighted by Gasteiger charge is 2.13. The number of nitrogens with one attached hydrogen (secondary N) is 1. The largest absolute Gasteiger partial charge is 0.342 e. The summed E-state index contributed by atoms with van der Waals surface area (Å²) in [4.78, 5) is 12.7. The van der Waals surface area contributed by atoms with Crippen LogP contribution in [0.4, 0.5) is 5.69 Å². The van der Waals surface area contributed by atoms with Crippen molar-refractivity contribution in [3.8, 4) is 6.07 Å². The molecule has 4 heteroatoms. The fourth-order valence-corrected chi connectivity index (χ4v) is 3.72. The zero-order valence-electron chi connectivity index (χ0n) is 17.6. The van der Waals surface area contributed by atoms with Crippen LogP contribution < -0.4 is 5.32 Å². The van der Waals surface area contributed by atoms with Gasteiger partial charge >= 0.3 is 0 Å². The van der Waals surface area contributed by atoms with Gasteiger partial charge in [0.25, 0.3) is 5.91 Å². The van der Waals surface area contributed by atoms with Crippen LogP contribution in [-0.2, 0) is 11.3 Å². The van der Waals surface area contributed by atoms with Gasteiger partial charge in [0, 0.05) is 34.9 Å². The summed E-state index contributed by atoms with van der Waals surface area (Å²) in [5, 5.41) is 13.5. The monoisotopic (exact) mass is 405 g/mol. The minimum atomic E-state index is -0.413. The molecule has 0 fully saturated rings. The van der Waals surface area contributed by atoms with Crippen molar-refractivity contribution in [3.63, 3.8) is 0 Å². The summed E-state index contributed by atoms with van der Waals surface area (Å²) in [7, 11) is 0. The molecular formula is C27H23N3O. The van der Waals surface area contributed by atoms with E-state index in [0.29, 0.717) is 5.69 Å². The van der Waals surface area contributed by atoms with Gasteiger partial charge in [0.2, 0.25) is 0 Å². The molecule has 0 bridgehead atoms. The van der Waals surface area contributed by atoms with E-state index < -0.39 is 5.91 Å². The van der Waals surface area contributed by atoms with Crippen LogP contribution in [0.15, 0.2) is 84.6 Å². The molecule has 31 heavy (non-hydrogen) atoms. The Morgan fingerprint density at radius 2 is 1.81 bits per heavy atom. The highest BCUT2D eigenvalue weighted by molar-refractivity contribution is 6.10. The van der Waals surface area contributed by atoms with Crippen LogP contribution in [0.2, 0.25) is 0 Å². The lowest BCUT2D eigenvalue weighted by molar-refractivity contribution is -0.112. The maximum Gasteiger partial charge on any atom is 0.266 e. The second kappa shape index (κ2) is 8.73. The number of carbonyl (C=O) groups is 1. The molecule has 0 spiro atoms. The number of aryl methyl sites for hydroxylation is 2. The number of amides is 1. The fraction of sp³-hybridized carbons (Fsp3) is 0.111. The number of fused-ring (bicyclic) bond motifs is 1. The number of hydrogen-bond acceptors (Lipinski definition) is 2. The number of rotatable bonds is 5. The average Bonchev–Trinajstić information content (AvgIpc) is 3.11. The van der Waals surface area contributed by atoms with Crippen LogP contribution in [0.1, 0.15) is 22.3 Å². The van der Waals surface area contributed by atoms with E-state index in [1.165, 1.54) is 11.1 Å². The third-order valence-electron chi connectivity index (χ3n) is 5.36. The second-order valence-corrected chi connectivity index (χ2v) is 7.65. The van der Waals surface area contributed by atoms with Gasteiger partial charge in [-0.15, -0.1) is 0 Å². The third-order valence-corrected chi connectivity index (χ3v) is 5.36. The third kappa shape index (κ3) is 4.41. The molecule has 1 aromatic heterocycles. The molecule has 1 heterocycles. The van der Waals surface area contributed by atoms with Gasteiger partial charge in [-0.3, -0.25) is 4.79 Å². The molecule has 0 radical (unpaired) electrons. The fourth-order valence-electron chi connectivity index (χ4n) is 3.72. The predicted octanol–water partition coefficient (Wildman–Crippen LogP) is 5.85. The van der Waals surface area contributed by atoms with Crippen LogP contribution in [0.3, 0.4) is 0 Å². The van der Waals surface area contributed by atoms with Gasteiger partial charge in [0.1, 0.15) is 11.6 Å². The first kappa shape index (κ1) is 20.2. The molecule has 0 aliphatic heterocycles. The first-order chi connectivity index (χ1) is 15.0. The predicted molar refractivity (Wildman–Crippen MR) is 126 cm³/mol. The Labute approximate surface area is 182 Å². The Bertz CT molecular complexity index is 1340. The SMILES string of the molecule is Cc1cccc(NC(=O)C(C#N)=Cc2cn(Cc3ccccc3C)c3ccccc23)c1. The summed E-state index contributed by atoms with van der Waals surface area (Å²) in [6.07, 6.45) is 3.68. The number of benzene rings is 3. The highest BCUT2D eigenvalue weighted by Crippen LogP contribution is 2.25. The topological polar surface area (TPSA) is 57.8 Å². The van der Waals surface area contributed by atoms with E-state index in [-0.39, 0.29) is 5.57 Å². The van der Waals surface area contributed by atoms with E-state index in [1.807, 2.05) is 67.7 Å². The number of aromatic nitrogens is 1. The Hall–Kier alpha value is -4.10. The Kier molecular flexibility index (Phi) is 5.68. The van der Waals surface area contributed by atoms with Crippen molar-refractivity contribution in [3.05, 3.63) is 107 Å². The zero-order chi connectivity index (χ0) is 21.8. The van der Waals surface area contributed by atoms with Crippen LogP contribution in [0, 0.1) is 25.2 Å². The molecule has 1 amide bonds. The number of nitriles is 1. The van der Waals surface area contributed by atoms with Crippen molar-refractivity contribution in [1.82, 2.24) is 4.57 Å². The van der Waals surface area contributed by atoms with Crippen LogP contribution in [0.25, 0.3) is 17.0 Å². The Morgan fingerprint density at radius 1 is 1.03 bits per heavy atom. The van der Waals surface area contributed by atoms with Gasteiger partial charge in [-0.05, 0) is 54.8 Å². The lowest BCUT2D eigenvalue weighted by Gasteiger charge is -2.08. The number of nitrogens with zero attached hydrogens (tertiary/aromatic N) is 2. The molecule has 4 aromatic rings. The zero-order valence-corrected chi connectivity index (χ0v) is 17.6. The molecule has 0 atom stereocenters. The van der Waals surface area contributed by atoms with Crippen molar-refractivity contribution in [2.45, 2.75) is 20.4 Å². The van der Waals surface area contributed by atoms with Gasteiger partial charge in [-0.1, -0.05) is 54.6 Å². The molecular weight excluding hydrogens is 382 g/mol. The van der Waals surface area contributed by atoms with E-state index in [2.05, 4.69) is 41.1 Å². The lowest BCUT2D eigenvalue weighted by Crippen LogP contribution is -2.13.